The van der Waals surface area contributed by atoms with E-state index in [0.29, 0.717) is 0 Å². The Kier molecular flexibility index (Phi) is 1.24. The van der Waals surface area contributed by atoms with Gasteiger partial charge < -0.3 is 10.2 Å². The second-order valence-electron chi connectivity index (χ2n) is 3.40. The first-order chi connectivity index (χ1) is 4.79. The molecule has 0 saturated carbocycles. The minimum Gasteiger partial charge on any atom is -0.378 e. The predicted molar refractivity (Wildman–Crippen MR) is 41.6 cm³/mol. The maximum atomic E-state index is 4.06. The first-order valence-corrected chi connectivity index (χ1v) is 3.89. The third-order valence-corrected chi connectivity index (χ3v) is 2.77. The van der Waals surface area contributed by atoms with Crippen LogP contribution >= 0.6 is 0 Å². The van der Waals surface area contributed by atoms with Crippen LogP contribution in [0.25, 0.3) is 0 Å². The molecular weight excluding hydrogens is 124 g/mol. The maximum absolute atomic E-state index is 4.06. The quantitative estimate of drug-likeness (QED) is 0.517. The zero-order chi connectivity index (χ0) is 7.14. The smallest absolute Gasteiger partial charge is 0.0219 e. The topological polar surface area (TPSA) is 15.3 Å². The zero-order valence-electron chi connectivity index (χ0n) is 6.43. The number of rotatable bonds is 0. The molecule has 2 aliphatic rings. The van der Waals surface area contributed by atoms with Crippen molar-refractivity contribution in [1.29, 1.82) is 0 Å². The van der Waals surface area contributed by atoms with Gasteiger partial charge in [0, 0.05) is 38.3 Å². The Morgan fingerprint density at radius 1 is 1.60 bits per heavy atom. The van der Waals surface area contributed by atoms with Gasteiger partial charge in [0.2, 0.25) is 0 Å². The Morgan fingerprint density at radius 2 is 2.40 bits per heavy atom. The first kappa shape index (κ1) is 6.23. The van der Waals surface area contributed by atoms with Crippen LogP contribution in [0.1, 0.15) is 0 Å². The molecular formula is C8H14N2. The van der Waals surface area contributed by atoms with Crippen LogP contribution in [0.4, 0.5) is 0 Å². The molecule has 0 radical (unpaired) electrons. The third kappa shape index (κ3) is 0.686. The van der Waals surface area contributed by atoms with Gasteiger partial charge in [-0.05, 0) is 5.92 Å². The summed E-state index contributed by atoms with van der Waals surface area (Å²) in [5.74, 6) is 1.59. The van der Waals surface area contributed by atoms with Crippen LogP contribution in [0.3, 0.4) is 0 Å². The molecule has 2 nitrogen and oxygen atoms in total. The minimum atomic E-state index is 0.741. The van der Waals surface area contributed by atoms with Crippen LogP contribution in [0.15, 0.2) is 12.3 Å². The molecule has 0 spiro atoms. The average molecular weight is 138 g/mol. The highest BCUT2D eigenvalue weighted by molar-refractivity contribution is 5.11. The summed E-state index contributed by atoms with van der Waals surface area (Å²) in [7, 11) is 2.14. The molecule has 1 N–H and O–H groups in total. The number of hydrogen-bond donors (Lipinski definition) is 1. The number of likely N-dealkylation sites (tertiary alicyclic amines) is 1. The molecule has 0 bridgehead atoms. The van der Waals surface area contributed by atoms with E-state index in [-0.39, 0.29) is 0 Å². The molecule has 2 atom stereocenters. The van der Waals surface area contributed by atoms with Crippen molar-refractivity contribution in [2.45, 2.75) is 0 Å². The van der Waals surface area contributed by atoms with E-state index in [1.54, 1.807) is 0 Å². The zero-order valence-corrected chi connectivity index (χ0v) is 6.43. The van der Waals surface area contributed by atoms with Crippen molar-refractivity contribution < 1.29 is 0 Å². The molecule has 0 unspecified atom stereocenters. The van der Waals surface area contributed by atoms with E-state index in [2.05, 4.69) is 23.8 Å². The van der Waals surface area contributed by atoms with E-state index in [1.165, 1.54) is 18.8 Å². The lowest BCUT2D eigenvalue weighted by Gasteiger charge is -2.14. The summed E-state index contributed by atoms with van der Waals surface area (Å²) in [6, 6.07) is 0. The fraction of sp³-hybridized carbons (Fsp3) is 0.750. The number of nitrogens with zero attached hydrogens (tertiary/aromatic N) is 1. The van der Waals surface area contributed by atoms with Gasteiger partial charge in [0.15, 0.2) is 0 Å². The molecule has 0 aromatic carbocycles. The van der Waals surface area contributed by atoms with Crippen molar-refractivity contribution in [2.24, 2.45) is 11.8 Å². The first-order valence-electron chi connectivity index (χ1n) is 3.89. The highest BCUT2D eigenvalue weighted by Crippen LogP contribution is 2.32. The van der Waals surface area contributed by atoms with E-state index in [9.17, 15) is 0 Å². The lowest BCUT2D eigenvalue weighted by atomic mass is 9.99. The fourth-order valence-corrected chi connectivity index (χ4v) is 2.07. The SMILES string of the molecule is C=C1[C@H]2CNC[C@H]2CN1C. The summed E-state index contributed by atoms with van der Waals surface area (Å²) < 4.78 is 0. The van der Waals surface area contributed by atoms with E-state index in [4.69, 9.17) is 0 Å². The summed E-state index contributed by atoms with van der Waals surface area (Å²) in [4.78, 5) is 2.29. The Morgan fingerprint density at radius 3 is 3.10 bits per heavy atom. The standard InChI is InChI=1S/C8H14N2/c1-6-8-4-9-3-7(8)5-10(6)2/h7-9H,1,3-5H2,2H3/t7-,8+/m0/s1. The molecule has 56 valence electrons. The third-order valence-electron chi connectivity index (χ3n) is 2.77. The second-order valence-corrected chi connectivity index (χ2v) is 3.40. The lowest BCUT2D eigenvalue weighted by Crippen LogP contribution is -2.20. The summed E-state index contributed by atoms with van der Waals surface area (Å²) >= 11 is 0. The monoisotopic (exact) mass is 138 g/mol. The molecule has 0 aromatic heterocycles. The Balaban J connectivity index is 2.17. The van der Waals surface area contributed by atoms with Gasteiger partial charge in [-0.15, -0.1) is 0 Å². The number of nitrogens with one attached hydrogen (secondary N) is 1. The number of hydrogen-bond acceptors (Lipinski definition) is 2. The van der Waals surface area contributed by atoms with Gasteiger partial charge in [-0.1, -0.05) is 6.58 Å². The molecule has 2 heterocycles. The summed E-state index contributed by atoms with van der Waals surface area (Å²) in [6.07, 6.45) is 0. The van der Waals surface area contributed by atoms with Crippen molar-refractivity contribution in [3.63, 3.8) is 0 Å². The van der Waals surface area contributed by atoms with Crippen molar-refractivity contribution in [1.82, 2.24) is 10.2 Å². The van der Waals surface area contributed by atoms with E-state index < -0.39 is 0 Å². The second kappa shape index (κ2) is 1.99. The largest absolute Gasteiger partial charge is 0.378 e. The van der Waals surface area contributed by atoms with Crippen molar-refractivity contribution in [3.05, 3.63) is 12.3 Å². The van der Waals surface area contributed by atoms with Crippen LogP contribution in [0, 0.1) is 11.8 Å². The van der Waals surface area contributed by atoms with Gasteiger partial charge in [0.25, 0.3) is 0 Å². The van der Waals surface area contributed by atoms with Crippen LogP contribution in [-0.2, 0) is 0 Å². The van der Waals surface area contributed by atoms with E-state index >= 15 is 0 Å². The van der Waals surface area contributed by atoms with Gasteiger partial charge >= 0.3 is 0 Å². The van der Waals surface area contributed by atoms with Gasteiger partial charge in [-0.2, -0.15) is 0 Å². The van der Waals surface area contributed by atoms with Gasteiger partial charge in [-0.25, -0.2) is 0 Å². The molecule has 0 aromatic rings. The summed E-state index contributed by atoms with van der Waals surface area (Å²) in [5, 5.41) is 3.39. The van der Waals surface area contributed by atoms with Gasteiger partial charge in [0.1, 0.15) is 0 Å². The van der Waals surface area contributed by atoms with Gasteiger partial charge in [-0.3, -0.25) is 0 Å². The number of fused-ring (bicyclic) bond motifs is 1. The highest BCUT2D eigenvalue weighted by Gasteiger charge is 2.36. The van der Waals surface area contributed by atoms with Crippen LogP contribution < -0.4 is 5.32 Å². The Bertz CT molecular complexity index is 165. The Labute approximate surface area is 61.9 Å². The molecule has 2 saturated heterocycles. The molecule has 2 fully saturated rings. The van der Waals surface area contributed by atoms with Crippen LogP contribution in [0.2, 0.25) is 0 Å². The molecule has 2 aliphatic heterocycles. The van der Waals surface area contributed by atoms with Crippen molar-refractivity contribution >= 4 is 0 Å². The van der Waals surface area contributed by atoms with Crippen LogP contribution in [0.5, 0.6) is 0 Å². The van der Waals surface area contributed by atoms with E-state index in [0.717, 1.165) is 18.4 Å². The predicted octanol–water partition coefficient (Wildman–Crippen LogP) is 0.281. The van der Waals surface area contributed by atoms with Crippen molar-refractivity contribution in [3.8, 4) is 0 Å². The van der Waals surface area contributed by atoms with Gasteiger partial charge in [0.05, 0.1) is 0 Å². The average Bonchev–Trinajstić information content (AvgIpc) is 2.41. The molecule has 2 rings (SSSR count). The molecule has 0 aliphatic carbocycles. The highest BCUT2D eigenvalue weighted by atomic mass is 15.2. The molecule has 2 heteroatoms. The van der Waals surface area contributed by atoms with Crippen LogP contribution in [-0.4, -0.2) is 31.6 Å². The Hall–Kier alpha value is -0.500. The summed E-state index contributed by atoms with van der Waals surface area (Å²) in [6.45, 7) is 7.60. The normalized spacial score (nSPS) is 38.9. The molecule has 10 heavy (non-hydrogen) atoms. The van der Waals surface area contributed by atoms with Crippen molar-refractivity contribution in [2.75, 3.05) is 26.7 Å². The fourth-order valence-electron chi connectivity index (χ4n) is 2.07. The molecule has 0 amide bonds. The maximum Gasteiger partial charge on any atom is 0.0219 e. The minimum absolute atomic E-state index is 0.741. The lowest BCUT2D eigenvalue weighted by molar-refractivity contribution is 0.433. The summed E-state index contributed by atoms with van der Waals surface area (Å²) in [5.41, 5.74) is 1.33. The van der Waals surface area contributed by atoms with E-state index in [1.807, 2.05) is 0 Å².